The predicted molar refractivity (Wildman–Crippen MR) is 112 cm³/mol. The molecule has 3 aromatic rings. The van der Waals surface area contributed by atoms with Crippen molar-refractivity contribution in [1.82, 2.24) is 0 Å². The van der Waals surface area contributed by atoms with E-state index in [0.717, 1.165) is 5.56 Å². The Labute approximate surface area is 167 Å². The third kappa shape index (κ3) is 3.87. The average Bonchev–Trinajstić information content (AvgIpc) is 2.76. The van der Waals surface area contributed by atoms with E-state index in [1.54, 1.807) is 0 Å². The fourth-order valence-electron chi connectivity index (χ4n) is 4.17. The Morgan fingerprint density at radius 3 is 1.96 bits per heavy atom. The Morgan fingerprint density at radius 1 is 0.821 bits per heavy atom. The molecule has 0 spiro atoms. The lowest BCUT2D eigenvalue weighted by Gasteiger charge is -2.42. The second-order valence-electron chi connectivity index (χ2n) is 7.68. The molecule has 4 rings (SSSR count). The van der Waals surface area contributed by atoms with Crippen molar-refractivity contribution in [3.63, 3.8) is 0 Å². The van der Waals surface area contributed by atoms with Gasteiger partial charge in [0, 0.05) is 23.1 Å². The molecular formula is C26H26NO+. The van der Waals surface area contributed by atoms with Crippen LogP contribution in [0.1, 0.15) is 42.1 Å². The molecule has 1 fully saturated rings. The van der Waals surface area contributed by atoms with Crippen LogP contribution in [0.15, 0.2) is 91.0 Å². The summed E-state index contributed by atoms with van der Waals surface area (Å²) in [6, 6.07) is 31.1. The van der Waals surface area contributed by atoms with Gasteiger partial charge >= 0.3 is 0 Å². The van der Waals surface area contributed by atoms with Crippen molar-refractivity contribution in [3.8, 4) is 11.8 Å². The van der Waals surface area contributed by atoms with E-state index >= 15 is 0 Å². The molecule has 0 bridgehead atoms. The first-order valence-electron chi connectivity index (χ1n) is 9.91. The lowest BCUT2D eigenvalue weighted by Crippen LogP contribution is -2.91. The van der Waals surface area contributed by atoms with Crippen molar-refractivity contribution in [2.75, 3.05) is 0 Å². The van der Waals surface area contributed by atoms with E-state index in [1.807, 2.05) is 42.5 Å². The second-order valence-corrected chi connectivity index (χ2v) is 7.68. The van der Waals surface area contributed by atoms with Crippen LogP contribution in [0.5, 0.6) is 0 Å². The quantitative estimate of drug-likeness (QED) is 0.662. The minimum absolute atomic E-state index is 0.00562. The number of piperidine rings is 1. The molecule has 0 amide bonds. The lowest BCUT2D eigenvalue weighted by molar-refractivity contribution is -0.755. The Balaban J connectivity index is 1.72. The number of quaternary nitrogens is 1. The molecule has 0 unspecified atom stereocenters. The zero-order valence-electron chi connectivity index (χ0n) is 16.1. The molecular weight excluding hydrogens is 342 g/mol. The molecule has 28 heavy (non-hydrogen) atoms. The van der Waals surface area contributed by atoms with Gasteiger partial charge < -0.3 is 10.4 Å². The maximum Gasteiger partial charge on any atom is 0.140 e. The average molecular weight is 369 g/mol. The topological polar surface area (TPSA) is 36.8 Å². The smallest absolute Gasteiger partial charge is 0.140 e. The van der Waals surface area contributed by atoms with Crippen LogP contribution < -0.4 is 5.32 Å². The van der Waals surface area contributed by atoms with Gasteiger partial charge in [0.1, 0.15) is 17.7 Å². The zero-order valence-corrected chi connectivity index (χ0v) is 16.1. The van der Waals surface area contributed by atoms with Gasteiger partial charge in [-0.3, -0.25) is 0 Å². The van der Waals surface area contributed by atoms with Crippen molar-refractivity contribution in [3.05, 3.63) is 108 Å². The van der Waals surface area contributed by atoms with Crippen molar-refractivity contribution in [1.29, 1.82) is 0 Å². The summed E-state index contributed by atoms with van der Waals surface area (Å²) in [7, 11) is 0. The fourth-order valence-corrected chi connectivity index (χ4v) is 4.17. The highest BCUT2D eigenvalue weighted by atomic mass is 16.3. The summed E-state index contributed by atoms with van der Waals surface area (Å²) in [5, 5.41) is 14.1. The molecule has 3 N–H and O–H groups in total. The Kier molecular flexibility index (Phi) is 5.30. The monoisotopic (exact) mass is 368 g/mol. The van der Waals surface area contributed by atoms with Crippen molar-refractivity contribution >= 4 is 0 Å². The number of rotatable bonds is 2. The van der Waals surface area contributed by atoms with E-state index in [9.17, 15) is 5.11 Å². The highest BCUT2D eigenvalue weighted by Gasteiger charge is 2.48. The van der Waals surface area contributed by atoms with Crippen LogP contribution in [-0.2, 0) is 0 Å². The maximum atomic E-state index is 11.7. The van der Waals surface area contributed by atoms with Crippen LogP contribution >= 0.6 is 0 Å². The largest absolute Gasteiger partial charge is 0.377 e. The molecule has 4 atom stereocenters. The molecule has 1 saturated heterocycles. The predicted octanol–water partition coefficient (Wildman–Crippen LogP) is 3.86. The second kappa shape index (κ2) is 8.02. The highest BCUT2D eigenvalue weighted by molar-refractivity contribution is 5.37. The van der Waals surface area contributed by atoms with Crippen molar-refractivity contribution in [2.24, 2.45) is 5.92 Å². The van der Waals surface area contributed by atoms with E-state index in [4.69, 9.17) is 0 Å². The van der Waals surface area contributed by atoms with Gasteiger partial charge in [0.25, 0.3) is 0 Å². The van der Waals surface area contributed by atoms with Crippen LogP contribution in [0, 0.1) is 17.8 Å². The lowest BCUT2D eigenvalue weighted by atomic mass is 9.72. The summed E-state index contributed by atoms with van der Waals surface area (Å²) in [6.45, 7) is 2.12. The first-order chi connectivity index (χ1) is 13.7. The number of hydrogen-bond acceptors (Lipinski definition) is 1. The molecule has 3 aromatic carbocycles. The molecule has 0 aromatic heterocycles. The van der Waals surface area contributed by atoms with Crippen LogP contribution in [0.4, 0.5) is 0 Å². The van der Waals surface area contributed by atoms with Gasteiger partial charge in [-0.1, -0.05) is 97.6 Å². The third-order valence-electron chi connectivity index (χ3n) is 5.87. The standard InChI is InChI=1S/C26H25NO/c1-20-25(23-15-9-4-10-16-23)27-24(22-13-7-3-8-14-22)19-26(20,28)18-17-21-11-5-2-6-12-21/h2-16,20,24-25,27-28H,19H2,1H3/p+1/t20-,24+,25-,26-/m1/s1. The third-order valence-corrected chi connectivity index (χ3v) is 5.87. The van der Waals surface area contributed by atoms with E-state index in [0.29, 0.717) is 6.42 Å². The van der Waals surface area contributed by atoms with Gasteiger partial charge in [-0.2, -0.15) is 0 Å². The van der Waals surface area contributed by atoms with Crippen LogP contribution in [0.2, 0.25) is 0 Å². The molecule has 0 aliphatic carbocycles. The Hall–Kier alpha value is -2.86. The summed E-state index contributed by atoms with van der Waals surface area (Å²) in [4.78, 5) is 0. The number of benzene rings is 3. The van der Waals surface area contributed by atoms with E-state index in [-0.39, 0.29) is 18.0 Å². The summed E-state index contributed by atoms with van der Waals surface area (Å²) in [5.41, 5.74) is 2.35. The van der Waals surface area contributed by atoms with Gasteiger partial charge in [-0.05, 0) is 12.1 Å². The number of nitrogens with two attached hydrogens (primary N) is 1. The molecule has 0 radical (unpaired) electrons. The molecule has 1 aliphatic heterocycles. The van der Waals surface area contributed by atoms with E-state index in [1.165, 1.54) is 11.1 Å². The molecule has 140 valence electrons. The summed E-state index contributed by atoms with van der Waals surface area (Å²) in [6.07, 6.45) is 0.612. The molecule has 2 heteroatoms. The van der Waals surface area contributed by atoms with Crippen molar-refractivity contribution in [2.45, 2.75) is 31.0 Å². The molecule has 0 saturated carbocycles. The van der Waals surface area contributed by atoms with Gasteiger partial charge in [0.2, 0.25) is 0 Å². The van der Waals surface area contributed by atoms with Gasteiger partial charge in [0.05, 0.1) is 5.92 Å². The van der Waals surface area contributed by atoms with Crippen molar-refractivity contribution < 1.29 is 10.4 Å². The summed E-state index contributed by atoms with van der Waals surface area (Å²) < 4.78 is 0. The molecule has 1 heterocycles. The SMILES string of the molecule is C[C@@H]1[C@H](c2ccccc2)[NH2+][C@H](c2ccccc2)C[C@]1(O)C#Cc1ccccc1. The first-order valence-corrected chi connectivity index (χ1v) is 9.91. The minimum Gasteiger partial charge on any atom is -0.377 e. The highest BCUT2D eigenvalue weighted by Crippen LogP contribution is 2.38. The van der Waals surface area contributed by atoms with Gasteiger partial charge in [-0.15, -0.1) is 0 Å². The maximum absolute atomic E-state index is 11.7. The number of aliphatic hydroxyl groups is 1. The van der Waals surface area contributed by atoms with Gasteiger partial charge in [-0.25, -0.2) is 0 Å². The minimum atomic E-state index is -1.05. The molecule has 1 aliphatic rings. The zero-order chi connectivity index (χ0) is 19.4. The Bertz CT molecular complexity index is 959. The van der Waals surface area contributed by atoms with Crippen LogP contribution in [0.3, 0.4) is 0 Å². The van der Waals surface area contributed by atoms with Crippen LogP contribution in [-0.4, -0.2) is 10.7 Å². The van der Waals surface area contributed by atoms with Gasteiger partial charge in [0.15, 0.2) is 0 Å². The summed E-state index contributed by atoms with van der Waals surface area (Å²) >= 11 is 0. The number of hydrogen-bond donors (Lipinski definition) is 2. The fraction of sp³-hybridized carbons (Fsp3) is 0.231. The van der Waals surface area contributed by atoms with Crippen LogP contribution in [0.25, 0.3) is 0 Å². The Morgan fingerprint density at radius 2 is 1.36 bits per heavy atom. The summed E-state index contributed by atoms with van der Waals surface area (Å²) in [5.74, 6) is 6.47. The van der Waals surface area contributed by atoms with E-state index in [2.05, 4.69) is 72.6 Å². The first kappa shape index (κ1) is 18.5. The normalized spacial score (nSPS) is 26.9. The molecule has 2 nitrogen and oxygen atoms in total. The van der Waals surface area contributed by atoms with E-state index < -0.39 is 5.60 Å².